The van der Waals surface area contributed by atoms with E-state index in [1.165, 1.54) is 141 Å². The van der Waals surface area contributed by atoms with Crippen LogP contribution in [0.25, 0.3) is 0 Å². The van der Waals surface area contributed by atoms with E-state index in [1.54, 1.807) is 0 Å². The first kappa shape index (κ1) is 40.3. The first-order valence-electron chi connectivity index (χ1n) is 18.4. The van der Waals surface area contributed by atoms with E-state index in [0.717, 1.165) is 30.6 Å². The fourth-order valence-electron chi connectivity index (χ4n) is 6.16. The Kier molecular flexibility index (Phi) is 28.8. The van der Waals surface area contributed by atoms with E-state index < -0.39 is 5.54 Å². The molecule has 41 heavy (non-hydrogen) atoms. The molecule has 0 bridgehead atoms. The van der Waals surface area contributed by atoms with E-state index >= 15 is 0 Å². The third kappa shape index (κ3) is 21.6. The maximum atomic E-state index is 13.3. The molecule has 0 aromatic carbocycles. The summed E-state index contributed by atoms with van der Waals surface area (Å²) < 4.78 is 0. The summed E-state index contributed by atoms with van der Waals surface area (Å²) in [5.74, 6) is 0.150. The van der Waals surface area contributed by atoms with E-state index in [2.05, 4.69) is 13.8 Å². The van der Waals surface area contributed by atoms with Crippen LogP contribution < -0.4 is 4.90 Å². The summed E-state index contributed by atoms with van der Waals surface area (Å²) in [6, 6.07) is 0. The first-order chi connectivity index (χ1) is 19.9. The first-order valence-corrected chi connectivity index (χ1v) is 18.4. The van der Waals surface area contributed by atoms with E-state index in [9.17, 15) is 14.7 Å². The molecule has 0 saturated heterocycles. The van der Waals surface area contributed by atoms with Gasteiger partial charge in [-0.3, -0.25) is 9.59 Å². The molecule has 0 aliphatic heterocycles. The van der Waals surface area contributed by atoms with Crippen LogP contribution in [0.3, 0.4) is 0 Å². The van der Waals surface area contributed by atoms with Gasteiger partial charge in [-0.05, 0) is 12.8 Å². The van der Waals surface area contributed by atoms with Gasteiger partial charge in [-0.1, -0.05) is 168 Å². The van der Waals surface area contributed by atoms with Crippen molar-refractivity contribution in [1.82, 2.24) is 0 Å². The summed E-state index contributed by atoms with van der Waals surface area (Å²) in [5, 5.41) is 9.52. The average Bonchev–Trinajstić information content (AvgIpc) is 2.97. The minimum atomic E-state index is -1.02. The Morgan fingerprint density at radius 1 is 0.488 bits per heavy atom. The summed E-state index contributed by atoms with van der Waals surface area (Å²) in [6.07, 6.45) is 34.4. The molecule has 244 valence electrons. The predicted molar refractivity (Wildman–Crippen MR) is 178 cm³/mol. The second kappa shape index (κ2) is 29.3. The van der Waals surface area contributed by atoms with Crippen molar-refractivity contribution in [3.8, 4) is 0 Å². The molecule has 0 aromatic rings. The molecule has 4 nitrogen and oxygen atoms in total. The number of rotatable bonds is 33. The Morgan fingerprint density at radius 3 is 0.976 bits per heavy atom. The van der Waals surface area contributed by atoms with Crippen LogP contribution >= 0.6 is 0 Å². The molecular formula is C37H74NO3+. The standard InChI is InChI=1S/C37H73NO3/c1-5-7-9-11-13-15-17-19-21-23-25-27-29-31-35(40)37(3,38(4)33-34-39)36(41)32-30-28-26-24-22-20-18-16-14-12-10-8-6-2/h39H,5-34H2,1-4H3/p+1. The van der Waals surface area contributed by atoms with E-state index in [0.29, 0.717) is 19.4 Å². The van der Waals surface area contributed by atoms with Gasteiger partial charge in [-0.25, -0.2) is 0 Å². The Hall–Kier alpha value is -0.740. The van der Waals surface area contributed by atoms with Crippen molar-refractivity contribution in [2.45, 2.75) is 206 Å². The summed E-state index contributed by atoms with van der Waals surface area (Å²) in [4.78, 5) is 27.5. The highest BCUT2D eigenvalue weighted by Crippen LogP contribution is 2.18. The lowest BCUT2D eigenvalue weighted by Crippen LogP contribution is -3.20. The number of quaternary nitrogens is 1. The molecule has 0 rings (SSSR count). The number of hydrogen-bond acceptors (Lipinski definition) is 3. The van der Waals surface area contributed by atoms with Gasteiger partial charge in [0.1, 0.15) is 6.54 Å². The minimum absolute atomic E-state index is 0.000532. The molecule has 0 aromatic heterocycles. The van der Waals surface area contributed by atoms with Crippen LogP contribution in [-0.4, -0.2) is 42.4 Å². The smallest absolute Gasteiger partial charge is 0.212 e. The molecule has 0 aliphatic rings. The third-order valence-electron chi connectivity index (χ3n) is 9.47. The van der Waals surface area contributed by atoms with Crippen LogP contribution in [-0.2, 0) is 9.59 Å². The van der Waals surface area contributed by atoms with E-state index in [-0.39, 0.29) is 18.2 Å². The zero-order valence-corrected chi connectivity index (χ0v) is 28.5. The number of carbonyl (C=O) groups is 2. The van der Waals surface area contributed by atoms with Gasteiger partial charge in [0, 0.05) is 19.8 Å². The van der Waals surface area contributed by atoms with E-state index in [1.807, 2.05) is 14.0 Å². The average molecular weight is 581 g/mol. The number of unbranched alkanes of at least 4 members (excludes halogenated alkanes) is 24. The Balaban J connectivity index is 4.10. The highest BCUT2D eigenvalue weighted by atomic mass is 16.3. The number of aliphatic hydroxyl groups is 1. The lowest BCUT2D eigenvalue weighted by atomic mass is 9.84. The van der Waals surface area contributed by atoms with Gasteiger partial charge in [0.15, 0.2) is 0 Å². The number of hydrogen-bond donors (Lipinski definition) is 2. The van der Waals surface area contributed by atoms with Crippen molar-refractivity contribution >= 4 is 11.6 Å². The number of likely N-dealkylation sites (N-methyl/N-ethyl adjacent to an activating group) is 1. The quantitative estimate of drug-likeness (QED) is 0.0600. The van der Waals surface area contributed by atoms with Crippen molar-refractivity contribution in [1.29, 1.82) is 0 Å². The van der Waals surface area contributed by atoms with Gasteiger partial charge in [-0.2, -0.15) is 0 Å². The SMILES string of the molecule is CCCCCCCCCCCCCCCC(=O)C(C)(C(=O)CCCCCCCCCCCCCCC)[NH+](C)CCO. The lowest BCUT2D eigenvalue weighted by molar-refractivity contribution is -0.910. The largest absolute Gasteiger partial charge is 0.391 e. The highest BCUT2D eigenvalue weighted by molar-refractivity contribution is 6.09. The molecule has 0 aliphatic carbocycles. The van der Waals surface area contributed by atoms with Crippen molar-refractivity contribution in [3.05, 3.63) is 0 Å². The number of aliphatic hydroxyl groups excluding tert-OH is 1. The van der Waals surface area contributed by atoms with Crippen molar-refractivity contribution < 1.29 is 19.6 Å². The normalized spacial score (nSPS) is 12.6. The molecule has 0 fully saturated rings. The number of Topliss-reactive ketones (excluding diaryl/α,β-unsaturated/α-hetero) is 2. The third-order valence-corrected chi connectivity index (χ3v) is 9.47. The van der Waals surface area contributed by atoms with Crippen LogP contribution in [0.2, 0.25) is 0 Å². The molecule has 0 saturated carbocycles. The van der Waals surface area contributed by atoms with Crippen LogP contribution in [0, 0.1) is 0 Å². The van der Waals surface area contributed by atoms with Gasteiger partial charge in [0.05, 0.1) is 13.7 Å². The van der Waals surface area contributed by atoms with Gasteiger partial charge < -0.3 is 10.0 Å². The highest BCUT2D eigenvalue weighted by Gasteiger charge is 2.46. The van der Waals surface area contributed by atoms with Gasteiger partial charge in [-0.15, -0.1) is 0 Å². The zero-order valence-electron chi connectivity index (χ0n) is 28.5. The zero-order chi connectivity index (χ0) is 30.4. The molecule has 0 spiro atoms. The molecule has 0 heterocycles. The van der Waals surface area contributed by atoms with E-state index in [4.69, 9.17) is 0 Å². The minimum Gasteiger partial charge on any atom is -0.391 e. The molecular weight excluding hydrogens is 506 g/mol. The van der Waals surface area contributed by atoms with Crippen LogP contribution in [0.4, 0.5) is 0 Å². The van der Waals surface area contributed by atoms with Gasteiger partial charge >= 0.3 is 0 Å². The second-order valence-corrected chi connectivity index (χ2v) is 13.2. The number of carbonyl (C=O) groups excluding carboxylic acids is 2. The predicted octanol–water partition coefficient (Wildman–Crippen LogP) is 9.35. The molecule has 2 N–H and O–H groups in total. The van der Waals surface area contributed by atoms with Crippen molar-refractivity contribution in [2.75, 3.05) is 20.2 Å². The van der Waals surface area contributed by atoms with Crippen LogP contribution in [0.5, 0.6) is 0 Å². The van der Waals surface area contributed by atoms with Crippen LogP contribution in [0.15, 0.2) is 0 Å². The van der Waals surface area contributed by atoms with Gasteiger partial charge in [0.2, 0.25) is 17.1 Å². The summed E-state index contributed by atoms with van der Waals surface area (Å²) in [7, 11) is 1.90. The number of nitrogens with one attached hydrogen (secondary N) is 1. The van der Waals surface area contributed by atoms with Crippen molar-refractivity contribution in [2.24, 2.45) is 0 Å². The Morgan fingerprint density at radius 2 is 0.732 bits per heavy atom. The summed E-state index contributed by atoms with van der Waals surface area (Å²) in [6.45, 7) is 6.82. The molecule has 0 radical (unpaired) electrons. The number of ketones is 2. The topological polar surface area (TPSA) is 58.8 Å². The fourth-order valence-corrected chi connectivity index (χ4v) is 6.16. The molecule has 1 atom stereocenters. The van der Waals surface area contributed by atoms with Crippen LogP contribution in [0.1, 0.15) is 201 Å². The lowest BCUT2D eigenvalue weighted by Gasteiger charge is -2.33. The maximum absolute atomic E-state index is 13.3. The molecule has 0 amide bonds. The molecule has 1 unspecified atom stereocenters. The van der Waals surface area contributed by atoms with Gasteiger partial charge in [0.25, 0.3) is 0 Å². The summed E-state index contributed by atoms with van der Waals surface area (Å²) in [5.41, 5.74) is -1.02. The Labute approximate surface area is 257 Å². The van der Waals surface area contributed by atoms with Crippen molar-refractivity contribution in [3.63, 3.8) is 0 Å². The monoisotopic (exact) mass is 581 g/mol. The Bertz CT molecular complexity index is 549. The maximum Gasteiger partial charge on any atom is 0.212 e. The molecule has 4 heteroatoms. The fraction of sp³-hybridized carbons (Fsp3) is 0.946. The summed E-state index contributed by atoms with van der Waals surface area (Å²) >= 11 is 0. The second-order valence-electron chi connectivity index (χ2n) is 13.2.